The number of amides is 4. The first kappa shape index (κ1) is 22.8. The summed E-state index contributed by atoms with van der Waals surface area (Å²) in [5, 5.41) is 2.31. The molecule has 6 nitrogen and oxygen atoms in total. The quantitative estimate of drug-likeness (QED) is 0.341. The maximum atomic E-state index is 13.3. The van der Waals surface area contributed by atoms with Gasteiger partial charge in [0.05, 0.1) is 5.69 Å². The van der Waals surface area contributed by atoms with Crippen molar-refractivity contribution in [1.29, 1.82) is 0 Å². The number of rotatable bonds is 6. The number of carbonyl (C=O) groups excluding carboxylic acids is 3. The molecule has 5 fully saturated rings. The number of nitrogens with zero attached hydrogens (tertiary/aromatic N) is 1. The number of anilines is 1. The molecule has 1 saturated heterocycles. The standard InChI is InChI=1S/C30H30N2O4/c1-2-11-36-25-9-3-19(4-10-25)15-26-27(33)31-29(35)32(28(26)34)24-7-5-23(6-8-24)30-16-20-12-21(17-30)14-22(13-20)18-30/h2-10,15,20-22H,1,11-14,16-18H2,(H,31,33,35)/b26-15+. The van der Waals surface area contributed by atoms with Crippen LogP contribution >= 0.6 is 0 Å². The van der Waals surface area contributed by atoms with Crippen molar-refractivity contribution in [2.45, 2.75) is 43.9 Å². The van der Waals surface area contributed by atoms with Gasteiger partial charge in [-0.2, -0.15) is 0 Å². The Kier molecular flexibility index (Phi) is 5.55. The maximum Gasteiger partial charge on any atom is 0.335 e. The Morgan fingerprint density at radius 2 is 1.53 bits per heavy atom. The number of hydrogen-bond acceptors (Lipinski definition) is 4. The summed E-state index contributed by atoms with van der Waals surface area (Å²) in [7, 11) is 0. The molecule has 0 radical (unpaired) electrons. The topological polar surface area (TPSA) is 75.7 Å². The summed E-state index contributed by atoms with van der Waals surface area (Å²) in [4.78, 5) is 39.6. The van der Waals surface area contributed by atoms with E-state index in [9.17, 15) is 14.4 Å². The first-order valence-corrected chi connectivity index (χ1v) is 12.8. The Labute approximate surface area is 211 Å². The van der Waals surface area contributed by atoms with Gasteiger partial charge < -0.3 is 4.74 Å². The van der Waals surface area contributed by atoms with Crippen LogP contribution in [0.5, 0.6) is 5.75 Å². The SMILES string of the molecule is C=CCOc1ccc(/C=C2\C(=O)NC(=O)N(c3ccc(C45CC6CC(CC(C6)C4)C5)cc3)C2=O)cc1. The molecule has 1 N–H and O–H groups in total. The lowest BCUT2D eigenvalue weighted by atomic mass is 9.48. The highest BCUT2D eigenvalue weighted by Crippen LogP contribution is 2.60. The molecule has 4 aliphatic carbocycles. The number of ether oxygens (including phenoxy) is 1. The van der Waals surface area contributed by atoms with E-state index in [4.69, 9.17) is 4.74 Å². The zero-order valence-corrected chi connectivity index (χ0v) is 20.2. The second-order valence-corrected chi connectivity index (χ2v) is 10.9. The van der Waals surface area contributed by atoms with Crippen LogP contribution in [0.2, 0.25) is 0 Å². The Morgan fingerprint density at radius 3 is 2.11 bits per heavy atom. The summed E-state index contributed by atoms with van der Waals surface area (Å²) in [5.41, 5.74) is 2.60. The van der Waals surface area contributed by atoms with Crippen LogP contribution in [-0.2, 0) is 15.0 Å². The number of urea groups is 1. The van der Waals surface area contributed by atoms with Gasteiger partial charge in [0.2, 0.25) is 0 Å². The lowest BCUT2D eigenvalue weighted by Crippen LogP contribution is -2.54. The Bertz CT molecular complexity index is 1220. The summed E-state index contributed by atoms with van der Waals surface area (Å²) in [6.45, 7) is 4.01. The van der Waals surface area contributed by atoms with Crippen molar-refractivity contribution in [2.24, 2.45) is 17.8 Å². The van der Waals surface area contributed by atoms with Gasteiger partial charge in [0, 0.05) is 0 Å². The largest absolute Gasteiger partial charge is 0.490 e. The van der Waals surface area contributed by atoms with Crippen LogP contribution in [-0.4, -0.2) is 24.5 Å². The molecule has 0 atom stereocenters. The molecule has 1 aliphatic heterocycles. The Hall–Kier alpha value is -3.67. The van der Waals surface area contributed by atoms with Crippen molar-refractivity contribution in [3.05, 3.63) is 77.9 Å². The minimum Gasteiger partial charge on any atom is -0.490 e. The average molecular weight is 483 g/mol. The van der Waals surface area contributed by atoms with E-state index in [1.54, 1.807) is 30.3 Å². The molecule has 0 spiro atoms. The molecule has 2 aromatic rings. The second-order valence-electron chi connectivity index (χ2n) is 10.9. The monoisotopic (exact) mass is 482 g/mol. The molecule has 5 aliphatic rings. The van der Waals surface area contributed by atoms with Gasteiger partial charge in [-0.3, -0.25) is 14.9 Å². The third-order valence-electron chi connectivity index (χ3n) is 8.44. The van der Waals surface area contributed by atoms with Crippen molar-refractivity contribution in [2.75, 3.05) is 11.5 Å². The van der Waals surface area contributed by atoms with Gasteiger partial charge in [-0.15, -0.1) is 0 Å². The van der Waals surface area contributed by atoms with Crippen molar-refractivity contribution in [1.82, 2.24) is 5.32 Å². The van der Waals surface area contributed by atoms with Crippen molar-refractivity contribution in [3.63, 3.8) is 0 Å². The summed E-state index contributed by atoms with van der Waals surface area (Å²) < 4.78 is 5.48. The number of imide groups is 2. The lowest BCUT2D eigenvalue weighted by molar-refractivity contribution is -0.122. The van der Waals surface area contributed by atoms with Crippen LogP contribution in [0.4, 0.5) is 10.5 Å². The number of carbonyl (C=O) groups is 3. The minimum absolute atomic E-state index is 0.0838. The molecule has 184 valence electrons. The first-order chi connectivity index (χ1) is 17.4. The van der Waals surface area contributed by atoms with Gasteiger partial charge in [-0.25, -0.2) is 9.69 Å². The van der Waals surface area contributed by atoms with Crippen molar-refractivity contribution >= 4 is 29.6 Å². The Morgan fingerprint density at radius 1 is 0.917 bits per heavy atom. The molecule has 0 aromatic heterocycles. The highest BCUT2D eigenvalue weighted by atomic mass is 16.5. The van der Waals surface area contributed by atoms with Crippen molar-refractivity contribution in [3.8, 4) is 5.75 Å². The highest BCUT2D eigenvalue weighted by Gasteiger charge is 2.51. The zero-order valence-electron chi connectivity index (χ0n) is 20.2. The molecule has 0 unspecified atom stereocenters. The van der Waals surface area contributed by atoms with Gasteiger partial charge in [-0.05, 0) is 103 Å². The van der Waals surface area contributed by atoms with E-state index in [2.05, 4.69) is 24.0 Å². The van der Waals surface area contributed by atoms with Crippen LogP contribution in [0.3, 0.4) is 0 Å². The van der Waals surface area contributed by atoms with Crippen molar-refractivity contribution < 1.29 is 19.1 Å². The summed E-state index contributed by atoms with van der Waals surface area (Å²) in [6, 6.07) is 14.2. The maximum absolute atomic E-state index is 13.3. The van der Waals surface area contributed by atoms with E-state index >= 15 is 0 Å². The number of benzene rings is 2. The van der Waals surface area contributed by atoms with Gasteiger partial charge in [0.1, 0.15) is 17.9 Å². The van der Waals surface area contributed by atoms with Gasteiger partial charge >= 0.3 is 6.03 Å². The molecule has 2 aromatic carbocycles. The smallest absolute Gasteiger partial charge is 0.335 e. The van der Waals surface area contributed by atoms with E-state index < -0.39 is 17.8 Å². The highest BCUT2D eigenvalue weighted by molar-refractivity contribution is 6.39. The fourth-order valence-corrected chi connectivity index (χ4v) is 7.30. The fraction of sp³-hybridized carbons (Fsp3) is 0.367. The molecule has 4 saturated carbocycles. The second kappa shape index (κ2) is 8.77. The molecule has 4 amide bonds. The molecular formula is C30H30N2O4. The third-order valence-corrected chi connectivity index (χ3v) is 8.44. The van der Waals surface area contributed by atoms with E-state index in [0.717, 1.165) is 22.7 Å². The van der Waals surface area contributed by atoms with Crippen LogP contribution < -0.4 is 15.0 Å². The zero-order chi connectivity index (χ0) is 24.9. The van der Waals surface area contributed by atoms with Gasteiger partial charge in [0.25, 0.3) is 11.8 Å². The average Bonchev–Trinajstić information content (AvgIpc) is 2.85. The van der Waals surface area contributed by atoms with Crippen LogP contribution in [0, 0.1) is 17.8 Å². The molecule has 36 heavy (non-hydrogen) atoms. The lowest BCUT2D eigenvalue weighted by Gasteiger charge is -2.57. The first-order valence-electron chi connectivity index (χ1n) is 12.8. The van der Waals surface area contributed by atoms with Crippen LogP contribution in [0.15, 0.2) is 66.8 Å². The van der Waals surface area contributed by atoms with Crippen LogP contribution in [0.25, 0.3) is 6.08 Å². The minimum atomic E-state index is -0.724. The van der Waals surface area contributed by atoms with Gasteiger partial charge in [-0.1, -0.05) is 36.9 Å². The summed E-state index contributed by atoms with van der Waals surface area (Å²) in [5.74, 6) is 1.86. The molecule has 7 rings (SSSR count). The normalized spacial score (nSPS) is 30.0. The van der Waals surface area contributed by atoms with E-state index in [0.29, 0.717) is 23.6 Å². The third kappa shape index (κ3) is 3.94. The van der Waals surface area contributed by atoms with E-state index in [-0.39, 0.29) is 11.0 Å². The van der Waals surface area contributed by atoms with Crippen LogP contribution in [0.1, 0.15) is 49.7 Å². The number of nitrogens with one attached hydrogen (secondary N) is 1. The van der Waals surface area contributed by atoms with E-state index in [1.807, 2.05) is 12.1 Å². The number of hydrogen-bond donors (Lipinski definition) is 1. The summed E-state index contributed by atoms with van der Waals surface area (Å²) in [6.07, 6.45) is 11.1. The predicted molar refractivity (Wildman–Crippen MR) is 137 cm³/mol. The fourth-order valence-electron chi connectivity index (χ4n) is 7.30. The van der Waals surface area contributed by atoms with Gasteiger partial charge in [0.15, 0.2) is 0 Å². The molecular weight excluding hydrogens is 452 g/mol. The molecule has 1 heterocycles. The van der Waals surface area contributed by atoms with E-state index in [1.165, 1.54) is 50.2 Å². The summed E-state index contributed by atoms with van der Waals surface area (Å²) >= 11 is 0. The molecule has 6 heteroatoms. The predicted octanol–water partition coefficient (Wildman–Crippen LogP) is 5.39. The Balaban J connectivity index is 1.24. The molecule has 4 bridgehead atoms. The number of barbiturate groups is 1.